The third kappa shape index (κ3) is 3.33. The second-order valence-electron chi connectivity index (χ2n) is 5.88. The van der Waals surface area contributed by atoms with Crippen LogP contribution in [0.25, 0.3) is 22.5 Å². The number of rotatable bonds is 4. The SMILES string of the molecule is CC(C)n1cc(-c2ncc(C(=O)O)nc2-c2ccccc2)ccc1=O. The van der Waals surface area contributed by atoms with E-state index in [-0.39, 0.29) is 17.3 Å². The molecule has 0 saturated heterocycles. The highest BCUT2D eigenvalue weighted by Gasteiger charge is 2.16. The number of hydrogen-bond donors (Lipinski definition) is 1. The van der Waals surface area contributed by atoms with Crippen LogP contribution in [0, 0.1) is 0 Å². The topological polar surface area (TPSA) is 85.1 Å². The van der Waals surface area contributed by atoms with Gasteiger partial charge in [-0.05, 0) is 19.9 Å². The molecule has 3 aromatic rings. The summed E-state index contributed by atoms with van der Waals surface area (Å²) in [5, 5.41) is 9.22. The first-order valence-electron chi connectivity index (χ1n) is 7.85. The van der Waals surface area contributed by atoms with E-state index in [4.69, 9.17) is 0 Å². The molecular formula is C19H17N3O3. The molecule has 3 rings (SSSR count). The maximum atomic E-state index is 12.0. The second-order valence-corrected chi connectivity index (χ2v) is 5.88. The van der Waals surface area contributed by atoms with Crippen LogP contribution >= 0.6 is 0 Å². The average molecular weight is 335 g/mol. The summed E-state index contributed by atoms with van der Waals surface area (Å²) < 4.78 is 1.61. The van der Waals surface area contributed by atoms with Crippen LogP contribution in [0.2, 0.25) is 0 Å². The molecule has 0 radical (unpaired) electrons. The molecule has 0 aliphatic rings. The van der Waals surface area contributed by atoms with E-state index in [0.717, 1.165) is 5.56 Å². The molecule has 0 amide bonds. The Morgan fingerprint density at radius 3 is 2.40 bits per heavy atom. The smallest absolute Gasteiger partial charge is 0.356 e. The zero-order valence-corrected chi connectivity index (χ0v) is 13.9. The van der Waals surface area contributed by atoms with E-state index in [0.29, 0.717) is 17.0 Å². The average Bonchev–Trinajstić information content (AvgIpc) is 2.62. The Balaban J connectivity index is 2.24. The Labute approximate surface area is 144 Å². The van der Waals surface area contributed by atoms with Gasteiger partial charge in [-0.2, -0.15) is 0 Å². The van der Waals surface area contributed by atoms with E-state index >= 15 is 0 Å². The number of nitrogens with zero attached hydrogens (tertiary/aromatic N) is 3. The first kappa shape index (κ1) is 16.6. The van der Waals surface area contributed by atoms with Gasteiger partial charge in [0.05, 0.1) is 17.6 Å². The largest absolute Gasteiger partial charge is 0.476 e. The first-order valence-corrected chi connectivity index (χ1v) is 7.85. The lowest BCUT2D eigenvalue weighted by atomic mass is 10.0. The van der Waals surface area contributed by atoms with Gasteiger partial charge in [0.15, 0.2) is 5.69 Å². The highest BCUT2D eigenvalue weighted by atomic mass is 16.4. The van der Waals surface area contributed by atoms with Crippen molar-refractivity contribution in [3.05, 3.63) is 70.9 Å². The number of carboxylic acid groups (broad SMARTS) is 1. The Morgan fingerprint density at radius 2 is 1.76 bits per heavy atom. The summed E-state index contributed by atoms with van der Waals surface area (Å²) in [4.78, 5) is 31.8. The van der Waals surface area contributed by atoms with Crippen molar-refractivity contribution in [1.29, 1.82) is 0 Å². The number of carboxylic acids is 1. The van der Waals surface area contributed by atoms with Gasteiger partial charge in [-0.25, -0.2) is 9.78 Å². The number of carbonyl (C=O) groups is 1. The molecule has 6 nitrogen and oxygen atoms in total. The monoisotopic (exact) mass is 335 g/mol. The maximum Gasteiger partial charge on any atom is 0.356 e. The fourth-order valence-corrected chi connectivity index (χ4v) is 2.55. The van der Waals surface area contributed by atoms with Gasteiger partial charge in [0.1, 0.15) is 0 Å². The molecule has 0 atom stereocenters. The summed E-state index contributed by atoms with van der Waals surface area (Å²) >= 11 is 0. The molecule has 2 aromatic heterocycles. The van der Waals surface area contributed by atoms with E-state index in [1.807, 2.05) is 44.2 Å². The van der Waals surface area contributed by atoms with Crippen molar-refractivity contribution in [2.75, 3.05) is 0 Å². The molecule has 126 valence electrons. The third-order valence-corrected chi connectivity index (χ3v) is 3.81. The number of hydrogen-bond acceptors (Lipinski definition) is 4. The Hall–Kier alpha value is -3.28. The fourth-order valence-electron chi connectivity index (χ4n) is 2.55. The van der Waals surface area contributed by atoms with E-state index < -0.39 is 5.97 Å². The molecular weight excluding hydrogens is 318 g/mol. The third-order valence-electron chi connectivity index (χ3n) is 3.81. The standard InChI is InChI=1S/C19H17N3O3/c1-12(2)22-11-14(8-9-16(22)23)17-18(13-6-4-3-5-7-13)21-15(10-20-17)19(24)25/h3-12H,1-2H3,(H,24,25). The van der Waals surface area contributed by atoms with Gasteiger partial charge in [-0.15, -0.1) is 0 Å². The van der Waals surface area contributed by atoms with Crippen LogP contribution in [-0.2, 0) is 0 Å². The van der Waals surface area contributed by atoms with Crippen molar-refractivity contribution in [2.45, 2.75) is 19.9 Å². The van der Waals surface area contributed by atoms with E-state index in [1.54, 1.807) is 16.8 Å². The van der Waals surface area contributed by atoms with Crippen molar-refractivity contribution >= 4 is 5.97 Å². The highest BCUT2D eigenvalue weighted by molar-refractivity contribution is 5.87. The summed E-state index contributed by atoms with van der Waals surface area (Å²) in [6.07, 6.45) is 2.96. The summed E-state index contributed by atoms with van der Waals surface area (Å²) in [6.45, 7) is 3.84. The van der Waals surface area contributed by atoms with Gasteiger partial charge in [-0.1, -0.05) is 30.3 Å². The molecule has 6 heteroatoms. The summed E-state index contributed by atoms with van der Waals surface area (Å²) in [6, 6.07) is 12.4. The molecule has 0 aliphatic heterocycles. The number of aromatic carboxylic acids is 1. The molecule has 0 bridgehead atoms. The van der Waals surface area contributed by atoms with Gasteiger partial charge in [0.2, 0.25) is 0 Å². The minimum Gasteiger partial charge on any atom is -0.476 e. The minimum absolute atomic E-state index is 0.00104. The van der Waals surface area contributed by atoms with E-state index in [2.05, 4.69) is 9.97 Å². The molecule has 0 spiro atoms. The molecule has 2 heterocycles. The predicted molar refractivity (Wildman–Crippen MR) is 94.5 cm³/mol. The summed E-state index contributed by atoms with van der Waals surface area (Å²) in [7, 11) is 0. The second kappa shape index (κ2) is 6.68. The molecule has 1 aromatic carbocycles. The van der Waals surface area contributed by atoms with Gasteiger partial charge < -0.3 is 9.67 Å². The van der Waals surface area contributed by atoms with Crippen LogP contribution < -0.4 is 5.56 Å². The maximum absolute atomic E-state index is 12.0. The van der Waals surface area contributed by atoms with Crippen LogP contribution in [0.15, 0.2) is 59.7 Å². The quantitative estimate of drug-likeness (QED) is 0.791. The zero-order valence-electron chi connectivity index (χ0n) is 13.9. The van der Waals surface area contributed by atoms with Gasteiger partial charge in [0, 0.05) is 29.4 Å². The number of aromatic nitrogens is 3. The Morgan fingerprint density at radius 1 is 1.04 bits per heavy atom. The number of pyridine rings is 1. The lowest BCUT2D eigenvalue weighted by molar-refractivity contribution is 0.0690. The van der Waals surface area contributed by atoms with E-state index in [1.165, 1.54) is 12.3 Å². The first-order chi connectivity index (χ1) is 12.0. The van der Waals surface area contributed by atoms with Gasteiger partial charge in [-0.3, -0.25) is 9.78 Å². The Bertz CT molecular complexity index is 979. The molecule has 1 N–H and O–H groups in total. The van der Waals surface area contributed by atoms with Crippen molar-refractivity contribution in [3.63, 3.8) is 0 Å². The van der Waals surface area contributed by atoms with Crippen LogP contribution in [0.3, 0.4) is 0 Å². The van der Waals surface area contributed by atoms with Crippen molar-refractivity contribution in [1.82, 2.24) is 14.5 Å². The normalized spacial score (nSPS) is 10.8. The summed E-state index contributed by atoms with van der Waals surface area (Å²) in [5.41, 5.74) is 2.24. The lowest BCUT2D eigenvalue weighted by Gasteiger charge is -2.13. The molecule has 0 saturated carbocycles. The van der Waals surface area contributed by atoms with E-state index in [9.17, 15) is 14.7 Å². The fraction of sp³-hybridized carbons (Fsp3) is 0.158. The van der Waals surface area contributed by atoms with Crippen molar-refractivity contribution in [2.24, 2.45) is 0 Å². The zero-order chi connectivity index (χ0) is 18.0. The minimum atomic E-state index is -1.14. The molecule has 0 fully saturated rings. The van der Waals surface area contributed by atoms with Crippen molar-refractivity contribution in [3.8, 4) is 22.5 Å². The van der Waals surface area contributed by atoms with Crippen LogP contribution in [0.4, 0.5) is 0 Å². The molecule has 0 unspecified atom stereocenters. The molecule has 0 aliphatic carbocycles. The van der Waals surface area contributed by atoms with Crippen molar-refractivity contribution < 1.29 is 9.90 Å². The predicted octanol–water partition coefficient (Wildman–Crippen LogP) is 3.25. The van der Waals surface area contributed by atoms with Crippen LogP contribution in [-0.4, -0.2) is 25.6 Å². The van der Waals surface area contributed by atoms with Gasteiger partial charge in [0.25, 0.3) is 5.56 Å². The lowest BCUT2D eigenvalue weighted by Crippen LogP contribution is -2.20. The molecule has 25 heavy (non-hydrogen) atoms. The number of benzene rings is 1. The highest BCUT2D eigenvalue weighted by Crippen LogP contribution is 2.28. The van der Waals surface area contributed by atoms with Crippen LogP contribution in [0.1, 0.15) is 30.4 Å². The Kier molecular flexibility index (Phi) is 4.43. The van der Waals surface area contributed by atoms with Gasteiger partial charge >= 0.3 is 5.97 Å². The summed E-state index contributed by atoms with van der Waals surface area (Å²) in [5.74, 6) is -1.14. The van der Waals surface area contributed by atoms with Crippen LogP contribution in [0.5, 0.6) is 0 Å².